The minimum absolute atomic E-state index is 0.0778. The lowest BCUT2D eigenvalue weighted by Crippen LogP contribution is -2.36. The highest BCUT2D eigenvalue weighted by molar-refractivity contribution is 5.98. The Labute approximate surface area is 120 Å². The van der Waals surface area contributed by atoms with Crippen molar-refractivity contribution in [3.05, 3.63) is 35.4 Å². The lowest BCUT2D eigenvalue weighted by molar-refractivity contribution is 0.113. The van der Waals surface area contributed by atoms with Crippen LogP contribution in [-0.2, 0) is 6.54 Å². The Balaban J connectivity index is 2.71. The summed E-state index contributed by atoms with van der Waals surface area (Å²) in [7, 11) is 0. The Bertz CT molecular complexity index is 434. The molecule has 0 radical (unpaired) electrons. The molecule has 5 nitrogen and oxygen atoms in total. The average Bonchev–Trinajstić information content (AvgIpc) is 2.52. The van der Waals surface area contributed by atoms with E-state index in [9.17, 15) is 5.11 Å². The first kappa shape index (κ1) is 16.5. The fraction of sp³-hybridized carbons (Fsp3) is 0.533. The van der Waals surface area contributed by atoms with Gasteiger partial charge in [-0.05, 0) is 18.4 Å². The Morgan fingerprint density at radius 1 is 1.30 bits per heavy atom. The number of amidine groups is 1. The summed E-state index contributed by atoms with van der Waals surface area (Å²) >= 11 is 0. The van der Waals surface area contributed by atoms with Gasteiger partial charge in [-0.15, -0.1) is 0 Å². The van der Waals surface area contributed by atoms with Gasteiger partial charge in [0.1, 0.15) is 0 Å². The molecule has 0 atom stereocenters. The number of nitrogens with zero attached hydrogens (tertiary/aromatic N) is 1. The summed E-state index contributed by atoms with van der Waals surface area (Å²) in [5, 5.41) is 24.7. The Kier molecular flexibility index (Phi) is 6.48. The van der Waals surface area contributed by atoms with Crippen LogP contribution in [0.5, 0.6) is 0 Å². The molecule has 0 heterocycles. The van der Waals surface area contributed by atoms with Gasteiger partial charge in [-0.2, -0.15) is 0 Å². The van der Waals surface area contributed by atoms with E-state index >= 15 is 0 Å². The van der Waals surface area contributed by atoms with Crippen LogP contribution >= 0.6 is 0 Å². The molecule has 112 valence electrons. The summed E-state index contributed by atoms with van der Waals surface area (Å²) in [4.78, 5) is 0. The molecule has 0 saturated heterocycles. The monoisotopic (exact) mass is 279 g/mol. The maximum atomic E-state index is 9.54. The summed E-state index contributed by atoms with van der Waals surface area (Å²) in [6.45, 7) is 5.71. The zero-order chi connectivity index (χ0) is 15.0. The molecule has 0 aliphatic heterocycles. The van der Waals surface area contributed by atoms with Gasteiger partial charge in [0.25, 0.3) is 0 Å². The van der Waals surface area contributed by atoms with Gasteiger partial charge >= 0.3 is 0 Å². The number of aliphatic hydroxyl groups is 1. The lowest BCUT2D eigenvalue weighted by Gasteiger charge is -2.29. The predicted octanol–water partition coefficient (Wildman–Crippen LogP) is 1.67. The molecule has 1 aromatic carbocycles. The van der Waals surface area contributed by atoms with E-state index in [2.05, 4.69) is 24.3 Å². The van der Waals surface area contributed by atoms with Crippen LogP contribution in [-0.4, -0.2) is 29.3 Å². The summed E-state index contributed by atoms with van der Waals surface area (Å²) < 4.78 is 0. The smallest absolute Gasteiger partial charge is 0.170 e. The number of aliphatic hydroxyl groups excluding tert-OH is 1. The fourth-order valence-corrected chi connectivity index (χ4v) is 2.22. The van der Waals surface area contributed by atoms with E-state index in [-0.39, 0.29) is 17.9 Å². The van der Waals surface area contributed by atoms with E-state index < -0.39 is 0 Å². The molecule has 0 spiro atoms. The highest BCUT2D eigenvalue weighted by Gasteiger charge is 2.24. The molecule has 0 unspecified atom stereocenters. The van der Waals surface area contributed by atoms with Crippen molar-refractivity contribution >= 4 is 5.84 Å². The van der Waals surface area contributed by atoms with Crippen LogP contribution in [0.2, 0.25) is 0 Å². The fourth-order valence-electron chi connectivity index (χ4n) is 2.22. The number of rotatable bonds is 8. The second kappa shape index (κ2) is 7.87. The lowest BCUT2D eigenvalue weighted by atomic mass is 9.83. The van der Waals surface area contributed by atoms with Crippen molar-refractivity contribution in [2.75, 3.05) is 13.2 Å². The zero-order valence-corrected chi connectivity index (χ0v) is 12.3. The predicted molar refractivity (Wildman–Crippen MR) is 80.8 cm³/mol. The van der Waals surface area contributed by atoms with Crippen LogP contribution in [0.4, 0.5) is 0 Å². The zero-order valence-electron chi connectivity index (χ0n) is 12.3. The topological polar surface area (TPSA) is 90.9 Å². The van der Waals surface area contributed by atoms with Gasteiger partial charge in [0.15, 0.2) is 5.84 Å². The average molecular weight is 279 g/mol. The van der Waals surface area contributed by atoms with Crippen molar-refractivity contribution in [3.8, 4) is 0 Å². The van der Waals surface area contributed by atoms with Gasteiger partial charge in [0.05, 0.1) is 0 Å². The normalized spacial score (nSPS) is 12.7. The summed E-state index contributed by atoms with van der Waals surface area (Å²) in [6.07, 6.45) is 1.85. The third kappa shape index (κ3) is 3.95. The molecule has 0 aliphatic carbocycles. The molecule has 0 aliphatic rings. The molecule has 5 N–H and O–H groups in total. The molecule has 0 saturated carbocycles. The summed E-state index contributed by atoms with van der Waals surface area (Å²) in [6, 6.07) is 7.54. The van der Waals surface area contributed by atoms with Crippen molar-refractivity contribution < 1.29 is 10.3 Å². The van der Waals surface area contributed by atoms with E-state index in [1.807, 2.05) is 24.3 Å². The molecule has 1 aromatic rings. The molecular formula is C15H25N3O2. The van der Waals surface area contributed by atoms with Crippen LogP contribution in [0.25, 0.3) is 0 Å². The van der Waals surface area contributed by atoms with Crippen molar-refractivity contribution in [2.45, 2.75) is 33.2 Å². The Morgan fingerprint density at radius 3 is 2.50 bits per heavy atom. The van der Waals surface area contributed by atoms with E-state index in [1.54, 1.807) is 0 Å². The number of oxime groups is 1. The number of nitrogens with two attached hydrogens (primary N) is 1. The first-order chi connectivity index (χ1) is 9.62. The van der Waals surface area contributed by atoms with Crippen molar-refractivity contribution in [3.63, 3.8) is 0 Å². The Hall–Kier alpha value is -1.59. The SMILES string of the molecule is CCC(CC)(CO)CNCc1ccccc1/C(N)=N/O. The quantitative estimate of drug-likeness (QED) is 0.252. The van der Waals surface area contributed by atoms with E-state index in [0.29, 0.717) is 6.54 Å². The van der Waals surface area contributed by atoms with Gasteiger partial charge < -0.3 is 21.4 Å². The van der Waals surface area contributed by atoms with Gasteiger partial charge in [-0.1, -0.05) is 43.3 Å². The first-order valence-corrected chi connectivity index (χ1v) is 6.99. The molecule has 0 bridgehead atoms. The Morgan fingerprint density at radius 2 is 1.95 bits per heavy atom. The number of hydrogen-bond donors (Lipinski definition) is 4. The van der Waals surface area contributed by atoms with Crippen molar-refractivity contribution in [2.24, 2.45) is 16.3 Å². The van der Waals surface area contributed by atoms with Crippen LogP contribution in [0.15, 0.2) is 29.4 Å². The van der Waals surface area contributed by atoms with Crippen LogP contribution in [0.1, 0.15) is 37.8 Å². The van der Waals surface area contributed by atoms with Crippen LogP contribution < -0.4 is 11.1 Å². The molecule has 5 heteroatoms. The molecule has 1 rings (SSSR count). The van der Waals surface area contributed by atoms with Gasteiger partial charge in [0, 0.05) is 30.7 Å². The third-order valence-electron chi connectivity index (χ3n) is 4.05. The maximum Gasteiger partial charge on any atom is 0.170 e. The summed E-state index contributed by atoms with van der Waals surface area (Å²) in [5.41, 5.74) is 7.29. The minimum atomic E-state index is -0.0778. The van der Waals surface area contributed by atoms with E-state index in [0.717, 1.165) is 30.5 Å². The third-order valence-corrected chi connectivity index (χ3v) is 4.05. The largest absolute Gasteiger partial charge is 0.409 e. The first-order valence-electron chi connectivity index (χ1n) is 6.99. The van der Waals surface area contributed by atoms with E-state index in [4.69, 9.17) is 10.9 Å². The van der Waals surface area contributed by atoms with Crippen LogP contribution in [0.3, 0.4) is 0 Å². The molecule has 0 amide bonds. The molecular weight excluding hydrogens is 254 g/mol. The van der Waals surface area contributed by atoms with Crippen molar-refractivity contribution in [1.82, 2.24) is 5.32 Å². The highest BCUT2D eigenvalue weighted by atomic mass is 16.4. The number of nitrogens with one attached hydrogen (secondary N) is 1. The standard InChI is InChI=1S/C15H25N3O2/c1-3-15(4-2,11-19)10-17-9-12-7-5-6-8-13(12)14(16)18-20/h5-8,17,19-20H,3-4,9-11H2,1-2H3,(H2,16,18). The molecule has 0 aromatic heterocycles. The minimum Gasteiger partial charge on any atom is -0.409 e. The maximum absolute atomic E-state index is 9.54. The highest BCUT2D eigenvalue weighted by Crippen LogP contribution is 2.24. The number of hydrogen-bond acceptors (Lipinski definition) is 4. The second-order valence-corrected chi connectivity index (χ2v) is 5.11. The molecule has 20 heavy (non-hydrogen) atoms. The summed E-state index contributed by atoms with van der Waals surface area (Å²) in [5.74, 6) is 0.113. The van der Waals surface area contributed by atoms with Gasteiger partial charge in [-0.3, -0.25) is 0 Å². The van der Waals surface area contributed by atoms with Gasteiger partial charge in [-0.25, -0.2) is 0 Å². The second-order valence-electron chi connectivity index (χ2n) is 5.11. The van der Waals surface area contributed by atoms with Gasteiger partial charge in [0.2, 0.25) is 0 Å². The van der Waals surface area contributed by atoms with E-state index in [1.165, 1.54) is 0 Å². The van der Waals surface area contributed by atoms with Crippen molar-refractivity contribution in [1.29, 1.82) is 0 Å². The molecule has 0 fully saturated rings. The van der Waals surface area contributed by atoms with Crippen LogP contribution in [0, 0.1) is 5.41 Å². The number of benzene rings is 1.